The van der Waals surface area contributed by atoms with E-state index in [9.17, 15) is 0 Å². The van der Waals surface area contributed by atoms with Crippen molar-refractivity contribution in [2.45, 2.75) is 58.5 Å². The largest absolute Gasteiger partial charge is 0.312 e. The molecule has 0 aromatic rings. The minimum Gasteiger partial charge on any atom is -0.312 e. The first-order valence-electron chi connectivity index (χ1n) is 6.55. The quantitative estimate of drug-likeness (QED) is 0.746. The summed E-state index contributed by atoms with van der Waals surface area (Å²) in [7, 11) is 0. The van der Waals surface area contributed by atoms with Crippen LogP contribution in [-0.2, 0) is 0 Å². The zero-order chi connectivity index (χ0) is 10.9. The van der Waals surface area contributed by atoms with Crippen LogP contribution in [0.15, 0.2) is 0 Å². The van der Waals surface area contributed by atoms with E-state index >= 15 is 0 Å². The minimum atomic E-state index is 0.473. The lowest BCUT2D eigenvalue weighted by atomic mass is 9.76. The maximum Gasteiger partial charge on any atom is 0.0243 e. The molecule has 0 aromatic carbocycles. The molecule has 2 nitrogen and oxygen atoms in total. The molecule has 0 bridgehead atoms. The Morgan fingerprint density at radius 3 is 2.67 bits per heavy atom. The van der Waals surface area contributed by atoms with Gasteiger partial charge in [-0.2, -0.15) is 0 Å². The molecule has 1 saturated heterocycles. The van der Waals surface area contributed by atoms with Gasteiger partial charge in [0, 0.05) is 18.6 Å². The average molecular weight is 210 g/mol. The van der Waals surface area contributed by atoms with E-state index in [1.807, 2.05) is 0 Å². The number of piperidine rings is 1. The molecule has 0 amide bonds. The zero-order valence-corrected chi connectivity index (χ0v) is 10.5. The third-order valence-corrected chi connectivity index (χ3v) is 4.32. The number of rotatable bonds is 3. The first-order chi connectivity index (χ1) is 7.08. The van der Waals surface area contributed by atoms with Crippen LogP contribution in [0, 0.1) is 11.3 Å². The van der Waals surface area contributed by atoms with E-state index in [1.165, 1.54) is 32.2 Å². The normalized spacial score (nSPS) is 39.8. The van der Waals surface area contributed by atoms with Gasteiger partial charge in [-0.1, -0.05) is 20.8 Å². The number of nitrogens with one attached hydrogen (secondary N) is 2. The molecule has 2 heteroatoms. The Balaban J connectivity index is 1.73. The van der Waals surface area contributed by atoms with Gasteiger partial charge in [-0.25, -0.2) is 0 Å². The van der Waals surface area contributed by atoms with Gasteiger partial charge in [0.1, 0.15) is 0 Å². The van der Waals surface area contributed by atoms with Crippen molar-refractivity contribution in [1.82, 2.24) is 10.6 Å². The molecule has 2 N–H and O–H groups in total. The zero-order valence-electron chi connectivity index (χ0n) is 10.5. The molecule has 0 radical (unpaired) electrons. The molecule has 0 spiro atoms. The van der Waals surface area contributed by atoms with E-state index in [1.54, 1.807) is 0 Å². The van der Waals surface area contributed by atoms with Crippen LogP contribution < -0.4 is 10.6 Å². The summed E-state index contributed by atoms with van der Waals surface area (Å²) < 4.78 is 0. The molecule has 1 aliphatic carbocycles. The highest BCUT2D eigenvalue weighted by Crippen LogP contribution is 2.31. The number of hydrogen-bond donors (Lipinski definition) is 2. The Kier molecular flexibility index (Phi) is 3.36. The van der Waals surface area contributed by atoms with Crippen LogP contribution in [0.1, 0.15) is 46.5 Å². The van der Waals surface area contributed by atoms with Crippen LogP contribution in [0.25, 0.3) is 0 Å². The summed E-state index contributed by atoms with van der Waals surface area (Å²) in [5.74, 6) is 0.954. The fourth-order valence-corrected chi connectivity index (χ4v) is 2.97. The fraction of sp³-hybridized carbons (Fsp3) is 1.00. The van der Waals surface area contributed by atoms with Crippen LogP contribution in [0.2, 0.25) is 0 Å². The van der Waals surface area contributed by atoms with Crippen LogP contribution >= 0.6 is 0 Å². The smallest absolute Gasteiger partial charge is 0.0243 e. The molecule has 1 atom stereocenters. The molecule has 0 aromatic heterocycles. The Morgan fingerprint density at radius 1 is 1.33 bits per heavy atom. The molecule has 1 aliphatic heterocycles. The Labute approximate surface area is 94.2 Å². The van der Waals surface area contributed by atoms with Crippen LogP contribution in [-0.4, -0.2) is 25.2 Å². The SMILES string of the molecule is CC1CC(NCC2NCCCC2(C)C)C1. The summed E-state index contributed by atoms with van der Waals surface area (Å²) in [6.45, 7) is 9.51. The van der Waals surface area contributed by atoms with Gasteiger partial charge < -0.3 is 10.6 Å². The highest BCUT2D eigenvalue weighted by atomic mass is 15.0. The predicted molar refractivity (Wildman–Crippen MR) is 65.0 cm³/mol. The summed E-state index contributed by atoms with van der Waals surface area (Å²) in [6, 6.07) is 1.47. The van der Waals surface area contributed by atoms with Crippen molar-refractivity contribution in [2.24, 2.45) is 11.3 Å². The second-order valence-corrected chi connectivity index (χ2v) is 6.28. The first kappa shape index (κ1) is 11.4. The molecular formula is C13H26N2. The molecule has 88 valence electrons. The topological polar surface area (TPSA) is 24.1 Å². The maximum absolute atomic E-state index is 3.71. The van der Waals surface area contributed by atoms with Gasteiger partial charge in [0.25, 0.3) is 0 Å². The van der Waals surface area contributed by atoms with Crippen LogP contribution in [0.4, 0.5) is 0 Å². The van der Waals surface area contributed by atoms with E-state index in [-0.39, 0.29) is 0 Å². The van der Waals surface area contributed by atoms with Gasteiger partial charge in [-0.05, 0) is 43.6 Å². The molecule has 1 heterocycles. The van der Waals surface area contributed by atoms with Crippen LogP contribution in [0.5, 0.6) is 0 Å². The van der Waals surface area contributed by atoms with E-state index in [4.69, 9.17) is 0 Å². The van der Waals surface area contributed by atoms with E-state index in [0.717, 1.165) is 18.5 Å². The van der Waals surface area contributed by atoms with Crippen molar-refractivity contribution >= 4 is 0 Å². The van der Waals surface area contributed by atoms with Crippen molar-refractivity contribution in [1.29, 1.82) is 0 Å². The van der Waals surface area contributed by atoms with E-state index < -0.39 is 0 Å². The van der Waals surface area contributed by atoms with Crippen LogP contribution in [0.3, 0.4) is 0 Å². The van der Waals surface area contributed by atoms with Gasteiger partial charge in [0.2, 0.25) is 0 Å². The Bertz CT molecular complexity index is 207. The maximum atomic E-state index is 3.71. The third-order valence-electron chi connectivity index (χ3n) is 4.32. The lowest BCUT2D eigenvalue weighted by Gasteiger charge is -2.42. The molecule has 15 heavy (non-hydrogen) atoms. The standard InChI is InChI=1S/C13H26N2/c1-10-7-11(8-10)15-9-12-13(2,3)5-4-6-14-12/h10-12,14-15H,4-9H2,1-3H3. The lowest BCUT2D eigenvalue weighted by molar-refractivity contribution is 0.156. The van der Waals surface area contributed by atoms with E-state index in [2.05, 4.69) is 31.4 Å². The van der Waals surface area contributed by atoms with Crippen molar-refractivity contribution in [3.8, 4) is 0 Å². The van der Waals surface area contributed by atoms with Gasteiger partial charge in [-0.15, -0.1) is 0 Å². The summed E-state index contributed by atoms with van der Waals surface area (Å²) in [4.78, 5) is 0. The summed E-state index contributed by atoms with van der Waals surface area (Å²) in [5, 5.41) is 7.37. The van der Waals surface area contributed by atoms with E-state index in [0.29, 0.717) is 11.5 Å². The summed E-state index contributed by atoms with van der Waals surface area (Å²) >= 11 is 0. The third kappa shape index (κ3) is 2.73. The van der Waals surface area contributed by atoms with Crippen molar-refractivity contribution in [3.63, 3.8) is 0 Å². The van der Waals surface area contributed by atoms with Crippen molar-refractivity contribution in [2.75, 3.05) is 13.1 Å². The lowest BCUT2D eigenvalue weighted by Crippen LogP contribution is -2.54. The molecular weight excluding hydrogens is 184 g/mol. The monoisotopic (exact) mass is 210 g/mol. The molecule has 2 fully saturated rings. The first-order valence-corrected chi connectivity index (χ1v) is 6.55. The van der Waals surface area contributed by atoms with Gasteiger partial charge in [0.05, 0.1) is 0 Å². The predicted octanol–water partition coefficient (Wildman–Crippen LogP) is 2.15. The Morgan fingerprint density at radius 2 is 2.07 bits per heavy atom. The highest BCUT2D eigenvalue weighted by molar-refractivity contribution is 4.92. The molecule has 1 saturated carbocycles. The van der Waals surface area contributed by atoms with Gasteiger partial charge in [0.15, 0.2) is 0 Å². The molecule has 1 unspecified atom stereocenters. The van der Waals surface area contributed by atoms with Gasteiger partial charge >= 0.3 is 0 Å². The second-order valence-electron chi connectivity index (χ2n) is 6.28. The average Bonchev–Trinajstić information content (AvgIpc) is 2.12. The molecule has 2 aliphatic rings. The fourth-order valence-electron chi connectivity index (χ4n) is 2.97. The van der Waals surface area contributed by atoms with Crippen molar-refractivity contribution < 1.29 is 0 Å². The molecule has 2 rings (SSSR count). The van der Waals surface area contributed by atoms with Crippen molar-refractivity contribution in [3.05, 3.63) is 0 Å². The van der Waals surface area contributed by atoms with Gasteiger partial charge in [-0.3, -0.25) is 0 Å². The Hall–Kier alpha value is -0.0800. The summed E-state index contributed by atoms with van der Waals surface area (Å²) in [5.41, 5.74) is 0.473. The minimum absolute atomic E-state index is 0.473. The number of hydrogen-bond acceptors (Lipinski definition) is 2. The second kappa shape index (κ2) is 4.42. The highest BCUT2D eigenvalue weighted by Gasteiger charge is 2.33. The summed E-state index contributed by atoms with van der Waals surface area (Å²) in [6.07, 6.45) is 5.47.